The first-order valence-corrected chi connectivity index (χ1v) is 17.3. The van der Waals surface area contributed by atoms with Gasteiger partial charge < -0.3 is 4.74 Å². The number of hydrogen-bond donors (Lipinski definition) is 0. The fourth-order valence-corrected chi connectivity index (χ4v) is 7.79. The fourth-order valence-electron chi connectivity index (χ4n) is 7.79. The first-order valence-electron chi connectivity index (χ1n) is 17.3. The minimum atomic E-state index is -0.357. The third kappa shape index (κ3) is 8.96. The summed E-state index contributed by atoms with van der Waals surface area (Å²) in [6.45, 7) is 12.1. The Morgan fingerprint density at radius 2 is 1.52 bits per heavy atom. The molecule has 1 aromatic rings. The zero-order valence-corrected chi connectivity index (χ0v) is 27.0. The van der Waals surface area contributed by atoms with Crippen molar-refractivity contribution in [3.63, 3.8) is 0 Å². The number of ether oxygens (including phenoxy) is 1. The molecule has 1 aromatic carbocycles. The topological polar surface area (TPSA) is 26.3 Å². The molecule has 0 saturated heterocycles. The lowest BCUT2D eigenvalue weighted by Gasteiger charge is -2.54. The Bertz CT molecular complexity index is 914. The number of esters is 1. The van der Waals surface area contributed by atoms with E-state index in [9.17, 15) is 4.79 Å². The van der Waals surface area contributed by atoms with Crippen LogP contribution in [-0.4, -0.2) is 12.6 Å². The van der Waals surface area contributed by atoms with Crippen LogP contribution in [0.15, 0.2) is 30.4 Å². The van der Waals surface area contributed by atoms with E-state index in [4.69, 9.17) is 4.74 Å². The number of unbranched alkanes of at least 4 members (excludes halogenated alkanes) is 12. The molecule has 2 nitrogen and oxygen atoms in total. The average molecular weight is 551 g/mol. The van der Waals surface area contributed by atoms with Crippen molar-refractivity contribution in [1.82, 2.24) is 0 Å². The quantitative estimate of drug-likeness (QED) is 0.103. The van der Waals surface area contributed by atoms with Crippen molar-refractivity contribution in [2.45, 2.75) is 168 Å². The van der Waals surface area contributed by atoms with Crippen LogP contribution < -0.4 is 0 Å². The monoisotopic (exact) mass is 550 g/mol. The first kappa shape index (κ1) is 32.9. The minimum absolute atomic E-state index is 0.0680. The van der Waals surface area contributed by atoms with Gasteiger partial charge in [0.15, 0.2) is 0 Å². The molecule has 0 N–H and O–H groups in total. The van der Waals surface area contributed by atoms with Gasteiger partial charge in [-0.3, -0.25) is 4.79 Å². The Hall–Kier alpha value is -1.57. The van der Waals surface area contributed by atoms with Gasteiger partial charge in [0.1, 0.15) is 0 Å². The summed E-state index contributed by atoms with van der Waals surface area (Å²) in [4.78, 5) is 13.5. The highest BCUT2D eigenvalue weighted by Crippen LogP contribution is 2.57. The van der Waals surface area contributed by atoms with Crippen LogP contribution in [0.4, 0.5) is 0 Å². The molecule has 1 saturated carbocycles. The van der Waals surface area contributed by atoms with E-state index in [1.54, 1.807) is 0 Å². The second-order valence-electron chi connectivity index (χ2n) is 13.9. The van der Waals surface area contributed by atoms with E-state index in [1.807, 2.05) is 0 Å². The Morgan fingerprint density at radius 3 is 2.17 bits per heavy atom. The molecule has 0 spiro atoms. The summed E-state index contributed by atoms with van der Waals surface area (Å²) in [5.74, 6) is 1.00. The standard InChI is InChI=1S/C38H62O2/c1-6-7-8-9-10-11-12-13-14-15-16-17-18-19-20-21-29-40-36(39)38(5)28-22-27-37(4)34-25-23-32(31(2)3)30-33(34)24-26-35(37)38/h13-14,23,25,30-31,35H,6-12,15-22,24,26-29H2,1-5H3/b14-13-/t35-,37-,38+/m1/s1. The summed E-state index contributed by atoms with van der Waals surface area (Å²) < 4.78 is 5.99. The second kappa shape index (κ2) is 16.8. The van der Waals surface area contributed by atoms with Crippen molar-refractivity contribution in [2.75, 3.05) is 6.61 Å². The molecule has 0 heterocycles. The van der Waals surface area contributed by atoms with E-state index in [1.165, 1.54) is 107 Å². The highest BCUT2D eigenvalue weighted by atomic mass is 16.5. The van der Waals surface area contributed by atoms with E-state index in [0.29, 0.717) is 18.4 Å². The van der Waals surface area contributed by atoms with Crippen LogP contribution >= 0.6 is 0 Å². The van der Waals surface area contributed by atoms with Crippen LogP contribution in [0.3, 0.4) is 0 Å². The van der Waals surface area contributed by atoms with Crippen molar-refractivity contribution >= 4 is 5.97 Å². The number of allylic oxidation sites excluding steroid dienone is 2. The average Bonchev–Trinajstić information content (AvgIpc) is 2.94. The SMILES string of the molecule is CCCCCCCC/C=C\CCCCCCCCOC(=O)[C@@]1(C)CCC[C@]2(C)c3ccc(C(C)C)cc3CC[C@@H]12. The van der Waals surface area contributed by atoms with Gasteiger partial charge >= 0.3 is 5.97 Å². The summed E-state index contributed by atoms with van der Waals surface area (Å²) >= 11 is 0. The Balaban J connectivity index is 1.31. The molecular weight excluding hydrogens is 488 g/mol. The maximum absolute atomic E-state index is 13.5. The molecular formula is C38H62O2. The number of fused-ring (bicyclic) bond motifs is 3. The fraction of sp³-hybridized carbons (Fsp3) is 0.763. The lowest BCUT2D eigenvalue weighted by atomic mass is 9.49. The van der Waals surface area contributed by atoms with Crippen molar-refractivity contribution < 1.29 is 9.53 Å². The van der Waals surface area contributed by atoms with Gasteiger partial charge in [-0.2, -0.15) is 0 Å². The number of aryl methyl sites for hydroxylation is 1. The van der Waals surface area contributed by atoms with E-state index in [0.717, 1.165) is 32.1 Å². The molecule has 3 rings (SSSR count). The zero-order valence-electron chi connectivity index (χ0n) is 27.0. The number of rotatable bonds is 18. The molecule has 2 aliphatic carbocycles. The lowest BCUT2D eigenvalue weighted by Crippen LogP contribution is -2.52. The molecule has 0 radical (unpaired) electrons. The van der Waals surface area contributed by atoms with Crippen LogP contribution in [-0.2, 0) is 21.4 Å². The van der Waals surface area contributed by atoms with Gasteiger partial charge in [-0.15, -0.1) is 0 Å². The molecule has 40 heavy (non-hydrogen) atoms. The molecule has 1 fully saturated rings. The molecule has 0 bridgehead atoms. The van der Waals surface area contributed by atoms with Gasteiger partial charge in [-0.1, -0.05) is 122 Å². The van der Waals surface area contributed by atoms with Crippen LogP contribution in [0.2, 0.25) is 0 Å². The van der Waals surface area contributed by atoms with Crippen LogP contribution in [0.5, 0.6) is 0 Å². The normalized spacial score (nSPS) is 24.3. The van der Waals surface area contributed by atoms with Gasteiger partial charge in [-0.05, 0) is 98.7 Å². The highest BCUT2D eigenvalue weighted by molar-refractivity contribution is 5.77. The van der Waals surface area contributed by atoms with Gasteiger partial charge in [0.25, 0.3) is 0 Å². The highest BCUT2D eigenvalue weighted by Gasteiger charge is 2.55. The van der Waals surface area contributed by atoms with E-state index >= 15 is 0 Å². The van der Waals surface area contributed by atoms with Crippen LogP contribution in [0.1, 0.15) is 173 Å². The molecule has 2 heteroatoms. The van der Waals surface area contributed by atoms with Gasteiger partial charge in [0.2, 0.25) is 0 Å². The van der Waals surface area contributed by atoms with Crippen LogP contribution in [0, 0.1) is 11.3 Å². The zero-order chi connectivity index (χ0) is 28.8. The molecule has 0 amide bonds. The maximum Gasteiger partial charge on any atom is 0.312 e. The Morgan fingerprint density at radius 1 is 0.900 bits per heavy atom. The number of carbonyl (C=O) groups excluding carboxylic acids is 1. The molecule has 226 valence electrons. The third-order valence-electron chi connectivity index (χ3n) is 10.4. The molecule has 0 aromatic heterocycles. The van der Waals surface area contributed by atoms with Crippen molar-refractivity contribution in [3.05, 3.63) is 47.0 Å². The van der Waals surface area contributed by atoms with E-state index in [2.05, 4.69) is 65.0 Å². The summed E-state index contributed by atoms with van der Waals surface area (Å²) in [6.07, 6.45) is 28.4. The van der Waals surface area contributed by atoms with E-state index < -0.39 is 0 Å². The summed E-state index contributed by atoms with van der Waals surface area (Å²) in [7, 11) is 0. The molecule has 3 atom stereocenters. The summed E-state index contributed by atoms with van der Waals surface area (Å²) in [6, 6.07) is 7.16. The Kier molecular flexibility index (Phi) is 13.8. The smallest absolute Gasteiger partial charge is 0.312 e. The summed E-state index contributed by atoms with van der Waals surface area (Å²) in [5.41, 5.74) is 4.18. The predicted molar refractivity (Wildman–Crippen MR) is 172 cm³/mol. The molecule has 0 unspecified atom stereocenters. The number of carbonyl (C=O) groups is 1. The van der Waals surface area contributed by atoms with Crippen LogP contribution in [0.25, 0.3) is 0 Å². The Labute approximate surface area is 248 Å². The second-order valence-corrected chi connectivity index (χ2v) is 13.9. The minimum Gasteiger partial charge on any atom is -0.465 e. The molecule has 0 aliphatic heterocycles. The van der Waals surface area contributed by atoms with Gasteiger partial charge in [0.05, 0.1) is 12.0 Å². The van der Waals surface area contributed by atoms with Gasteiger partial charge in [0, 0.05) is 0 Å². The molecule has 2 aliphatic rings. The predicted octanol–water partition coefficient (Wildman–Crippen LogP) is 11.4. The van der Waals surface area contributed by atoms with Crippen molar-refractivity contribution in [2.24, 2.45) is 11.3 Å². The van der Waals surface area contributed by atoms with E-state index in [-0.39, 0.29) is 16.8 Å². The number of benzene rings is 1. The maximum atomic E-state index is 13.5. The largest absolute Gasteiger partial charge is 0.465 e. The van der Waals surface area contributed by atoms with Crippen molar-refractivity contribution in [1.29, 1.82) is 0 Å². The van der Waals surface area contributed by atoms with Gasteiger partial charge in [-0.25, -0.2) is 0 Å². The summed E-state index contributed by atoms with van der Waals surface area (Å²) in [5, 5.41) is 0. The number of hydrogen-bond acceptors (Lipinski definition) is 2. The third-order valence-corrected chi connectivity index (χ3v) is 10.4. The first-order chi connectivity index (χ1) is 19.3. The lowest BCUT2D eigenvalue weighted by molar-refractivity contribution is -0.164. The van der Waals surface area contributed by atoms with Crippen molar-refractivity contribution in [3.8, 4) is 0 Å².